The summed E-state index contributed by atoms with van der Waals surface area (Å²) in [7, 11) is 0. The van der Waals surface area contributed by atoms with Crippen molar-refractivity contribution < 1.29 is 9.53 Å². The number of nitrogens with one attached hydrogen (secondary N) is 1. The normalized spacial score (nSPS) is 10.5. The highest BCUT2D eigenvalue weighted by Crippen LogP contribution is 2.13. The number of amides is 1. The number of carbonyl (C=O) groups is 1. The van der Waals surface area contributed by atoms with E-state index in [0.29, 0.717) is 12.1 Å². The van der Waals surface area contributed by atoms with Crippen molar-refractivity contribution >= 4 is 5.91 Å². The second kappa shape index (κ2) is 8.23. The predicted molar refractivity (Wildman–Crippen MR) is 89.3 cm³/mol. The zero-order chi connectivity index (χ0) is 15.8. The summed E-state index contributed by atoms with van der Waals surface area (Å²) >= 11 is 0. The highest BCUT2D eigenvalue weighted by molar-refractivity contribution is 5.94. The van der Waals surface area contributed by atoms with Crippen LogP contribution in [0.5, 0.6) is 5.75 Å². The highest BCUT2D eigenvalue weighted by Gasteiger charge is 2.05. The van der Waals surface area contributed by atoms with Gasteiger partial charge in [-0.15, -0.1) is 0 Å². The molecule has 3 nitrogen and oxygen atoms in total. The van der Waals surface area contributed by atoms with Crippen LogP contribution >= 0.6 is 0 Å². The standard InChI is InChI=1S/C19H23NO2/c1-15(2)22-18-12-10-17(11-13-18)19(21)20-14-6-9-16-7-4-3-5-8-16/h3-5,7-8,10-13,15H,6,9,14H2,1-2H3,(H,20,21). The lowest BCUT2D eigenvalue weighted by Crippen LogP contribution is -2.24. The van der Waals surface area contributed by atoms with Crippen molar-refractivity contribution in [1.29, 1.82) is 0 Å². The molecular weight excluding hydrogens is 274 g/mol. The second-order valence-corrected chi connectivity index (χ2v) is 5.54. The molecule has 0 radical (unpaired) electrons. The third-order valence-electron chi connectivity index (χ3n) is 3.26. The number of aryl methyl sites for hydroxylation is 1. The van der Waals surface area contributed by atoms with E-state index < -0.39 is 0 Å². The Morgan fingerprint density at radius 2 is 1.73 bits per heavy atom. The third kappa shape index (κ3) is 5.24. The average molecular weight is 297 g/mol. The maximum atomic E-state index is 12.0. The van der Waals surface area contributed by atoms with Gasteiger partial charge in [-0.25, -0.2) is 0 Å². The molecule has 0 heterocycles. The lowest BCUT2D eigenvalue weighted by molar-refractivity contribution is 0.0953. The molecule has 0 aliphatic rings. The van der Waals surface area contributed by atoms with Gasteiger partial charge in [0.1, 0.15) is 5.75 Å². The van der Waals surface area contributed by atoms with Gasteiger partial charge in [0, 0.05) is 12.1 Å². The Morgan fingerprint density at radius 3 is 2.36 bits per heavy atom. The molecule has 2 aromatic carbocycles. The van der Waals surface area contributed by atoms with Crippen molar-refractivity contribution in [1.82, 2.24) is 5.32 Å². The van der Waals surface area contributed by atoms with Crippen LogP contribution in [0.1, 0.15) is 36.2 Å². The summed E-state index contributed by atoms with van der Waals surface area (Å²) < 4.78 is 5.56. The Morgan fingerprint density at radius 1 is 1.05 bits per heavy atom. The van der Waals surface area contributed by atoms with Crippen LogP contribution in [0.25, 0.3) is 0 Å². The number of rotatable bonds is 7. The average Bonchev–Trinajstić information content (AvgIpc) is 2.52. The van der Waals surface area contributed by atoms with Crippen molar-refractivity contribution in [2.24, 2.45) is 0 Å². The Labute approximate surface area is 132 Å². The molecule has 0 spiro atoms. The van der Waals surface area contributed by atoms with Gasteiger partial charge in [-0.3, -0.25) is 4.79 Å². The van der Waals surface area contributed by atoms with Crippen LogP contribution in [0.15, 0.2) is 54.6 Å². The number of ether oxygens (including phenoxy) is 1. The summed E-state index contributed by atoms with van der Waals surface area (Å²) in [6, 6.07) is 17.6. The van der Waals surface area contributed by atoms with Crippen LogP contribution in [0.3, 0.4) is 0 Å². The predicted octanol–water partition coefficient (Wildman–Crippen LogP) is 3.84. The van der Waals surface area contributed by atoms with Gasteiger partial charge in [-0.05, 0) is 56.5 Å². The molecule has 0 aliphatic carbocycles. The van der Waals surface area contributed by atoms with Crippen molar-refractivity contribution in [2.45, 2.75) is 32.8 Å². The molecule has 22 heavy (non-hydrogen) atoms. The zero-order valence-electron chi connectivity index (χ0n) is 13.2. The quantitative estimate of drug-likeness (QED) is 0.789. The van der Waals surface area contributed by atoms with E-state index in [-0.39, 0.29) is 12.0 Å². The molecule has 1 N–H and O–H groups in total. The first kappa shape index (κ1) is 16.1. The fourth-order valence-corrected chi connectivity index (χ4v) is 2.20. The molecule has 2 rings (SSSR count). The number of benzene rings is 2. The first-order valence-electron chi connectivity index (χ1n) is 7.74. The molecule has 0 unspecified atom stereocenters. The summed E-state index contributed by atoms with van der Waals surface area (Å²) in [4.78, 5) is 12.0. The van der Waals surface area contributed by atoms with Gasteiger partial charge in [0.15, 0.2) is 0 Å². The molecule has 116 valence electrons. The van der Waals surface area contributed by atoms with Gasteiger partial charge in [0.25, 0.3) is 5.91 Å². The molecular formula is C19H23NO2. The fourth-order valence-electron chi connectivity index (χ4n) is 2.20. The lowest BCUT2D eigenvalue weighted by Gasteiger charge is -2.10. The molecule has 0 atom stereocenters. The van der Waals surface area contributed by atoms with Gasteiger partial charge < -0.3 is 10.1 Å². The van der Waals surface area contributed by atoms with E-state index in [1.54, 1.807) is 12.1 Å². The number of carbonyl (C=O) groups excluding carboxylic acids is 1. The SMILES string of the molecule is CC(C)Oc1ccc(C(=O)NCCCc2ccccc2)cc1. The molecule has 0 saturated carbocycles. The van der Waals surface area contributed by atoms with Crippen molar-refractivity contribution in [2.75, 3.05) is 6.54 Å². The van der Waals surface area contributed by atoms with Gasteiger partial charge >= 0.3 is 0 Å². The van der Waals surface area contributed by atoms with E-state index in [2.05, 4.69) is 17.4 Å². The zero-order valence-corrected chi connectivity index (χ0v) is 13.2. The minimum atomic E-state index is -0.0378. The lowest BCUT2D eigenvalue weighted by atomic mass is 10.1. The van der Waals surface area contributed by atoms with Gasteiger partial charge in [0.2, 0.25) is 0 Å². The maximum Gasteiger partial charge on any atom is 0.251 e. The van der Waals surface area contributed by atoms with Crippen LogP contribution in [-0.2, 0) is 6.42 Å². The summed E-state index contributed by atoms with van der Waals surface area (Å²) in [5.41, 5.74) is 1.96. The van der Waals surface area contributed by atoms with E-state index >= 15 is 0 Å². The van der Waals surface area contributed by atoms with Crippen molar-refractivity contribution in [3.8, 4) is 5.75 Å². The Bertz CT molecular complexity index is 576. The maximum absolute atomic E-state index is 12.0. The molecule has 0 aromatic heterocycles. The van der Waals surface area contributed by atoms with E-state index in [0.717, 1.165) is 18.6 Å². The number of hydrogen-bond donors (Lipinski definition) is 1. The van der Waals surface area contributed by atoms with E-state index in [9.17, 15) is 4.79 Å². The first-order chi connectivity index (χ1) is 10.6. The highest BCUT2D eigenvalue weighted by atomic mass is 16.5. The molecule has 0 aliphatic heterocycles. The van der Waals surface area contributed by atoms with Crippen LogP contribution in [-0.4, -0.2) is 18.6 Å². The van der Waals surface area contributed by atoms with E-state index in [4.69, 9.17) is 4.74 Å². The Kier molecular flexibility index (Phi) is 6.01. The molecule has 0 fully saturated rings. The Balaban J connectivity index is 1.75. The van der Waals surface area contributed by atoms with E-state index in [1.165, 1.54) is 5.56 Å². The first-order valence-corrected chi connectivity index (χ1v) is 7.74. The minimum Gasteiger partial charge on any atom is -0.491 e. The monoisotopic (exact) mass is 297 g/mol. The topological polar surface area (TPSA) is 38.3 Å². The molecule has 1 amide bonds. The van der Waals surface area contributed by atoms with Crippen LogP contribution in [0.2, 0.25) is 0 Å². The van der Waals surface area contributed by atoms with Gasteiger partial charge in [-0.1, -0.05) is 30.3 Å². The summed E-state index contributed by atoms with van der Waals surface area (Å²) in [6.07, 6.45) is 2.05. The summed E-state index contributed by atoms with van der Waals surface area (Å²) in [5, 5.41) is 2.95. The minimum absolute atomic E-state index is 0.0378. The van der Waals surface area contributed by atoms with Crippen molar-refractivity contribution in [3.05, 3.63) is 65.7 Å². The smallest absolute Gasteiger partial charge is 0.251 e. The summed E-state index contributed by atoms with van der Waals surface area (Å²) in [5.74, 6) is 0.750. The fraction of sp³-hybridized carbons (Fsp3) is 0.316. The molecule has 2 aromatic rings. The Hall–Kier alpha value is -2.29. The van der Waals surface area contributed by atoms with Crippen LogP contribution in [0, 0.1) is 0 Å². The van der Waals surface area contributed by atoms with Crippen LogP contribution < -0.4 is 10.1 Å². The number of hydrogen-bond acceptors (Lipinski definition) is 2. The van der Waals surface area contributed by atoms with Crippen LogP contribution in [0.4, 0.5) is 0 Å². The molecule has 3 heteroatoms. The van der Waals surface area contributed by atoms with Crippen molar-refractivity contribution in [3.63, 3.8) is 0 Å². The van der Waals surface area contributed by atoms with E-state index in [1.807, 2.05) is 44.2 Å². The second-order valence-electron chi connectivity index (χ2n) is 5.54. The van der Waals surface area contributed by atoms with Gasteiger partial charge in [-0.2, -0.15) is 0 Å². The third-order valence-corrected chi connectivity index (χ3v) is 3.26. The molecule has 0 saturated heterocycles. The molecule has 0 bridgehead atoms. The largest absolute Gasteiger partial charge is 0.491 e. The van der Waals surface area contributed by atoms with Gasteiger partial charge in [0.05, 0.1) is 6.10 Å². The summed E-state index contributed by atoms with van der Waals surface area (Å²) in [6.45, 7) is 4.64.